The van der Waals surface area contributed by atoms with Gasteiger partial charge >= 0.3 is 6.18 Å². The Balaban J connectivity index is 2.29. The van der Waals surface area contributed by atoms with Crippen LogP contribution < -0.4 is 5.32 Å². The maximum atomic E-state index is 12.7. The van der Waals surface area contributed by atoms with Gasteiger partial charge in [0.25, 0.3) is 0 Å². The first-order valence-electron chi connectivity index (χ1n) is 5.35. The highest BCUT2D eigenvalue weighted by molar-refractivity contribution is 7.11. The Morgan fingerprint density at radius 1 is 1.53 bits per heavy atom. The molecule has 7 heteroatoms. The Morgan fingerprint density at radius 3 is 2.82 bits per heavy atom. The van der Waals surface area contributed by atoms with Gasteiger partial charge in [-0.2, -0.15) is 13.2 Å². The van der Waals surface area contributed by atoms with E-state index in [-0.39, 0.29) is 17.5 Å². The highest BCUT2D eigenvalue weighted by atomic mass is 32.1. The van der Waals surface area contributed by atoms with Crippen LogP contribution >= 0.6 is 11.3 Å². The average Bonchev–Trinajstić information content (AvgIpc) is 2.82. The molecule has 0 saturated carbocycles. The molecule has 0 spiro atoms. The van der Waals surface area contributed by atoms with Crippen molar-refractivity contribution in [2.24, 2.45) is 0 Å². The van der Waals surface area contributed by atoms with Gasteiger partial charge in [-0.05, 0) is 19.9 Å². The maximum Gasteiger partial charge on any atom is 0.434 e. The SMILES string of the molecule is CNCc1sc(C2CCCO2)nc1C(F)(F)F. The quantitative estimate of drug-likeness (QED) is 0.913. The van der Waals surface area contributed by atoms with Crippen LogP contribution in [0.15, 0.2) is 0 Å². The van der Waals surface area contributed by atoms with Crippen molar-refractivity contribution in [3.05, 3.63) is 15.6 Å². The highest BCUT2D eigenvalue weighted by Gasteiger charge is 2.38. The van der Waals surface area contributed by atoms with E-state index in [9.17, 15) is 13.2 Å². The highest BCUT2D eigenvalue weighted by Crippen LogP contribution is 2.38. The lowest BCUT2D eigenvalue weighted by Gasteiger charge is -2.05. The molecule has 2 heterocycles. The first kappa shape index (κ1) is 12.8. The second kappa shape index (κ2) is 4.91. The third kappa shape index (κ3) is 2.78. The lowest BCUT2D eigenvalue weighted by molar-refractivity contribution is -0.141. The minimum Gasteiger partial charge on any atom is -0.371 e. The van der Waals surface area contributed by atoms with Gasteiger partial charge in [0.2, 0.25) is 0 Å². The summed E-state index contributed by atoms with van der Waals surface area (Å²) < 4.78 is 43.6. The molecule has 17 heavy (non-hydrogen) atoms. The van der Waals surface area contributed by atoms with Gasteiger partial charge in [0.15, 0.2) is 5.69 Å². The molecule has 2 rings (SSSR count). The van der Waals surface area contributed by atoms with Crippen molar-refractivity contribution >= 4 is 11.3 Å². The summed E-state index contributed by atoms with van der Waals surface area (Å²) in [5.74, 6) is 0. The fourth-order valence-corrected chi connectivity index (χ4v) is 2.96. The van der Waals surface area contributed by atoms with Crippen molar-refractivity contribution in [3.63, 3.8) is 0 Å². The summed E-state index contributed by atoms with van der Waals surface area (Å²) >= 11 is 1.09. The summed E-state index contributed by atoms with van der Waals surface area (Å²) in [5.41, 5.74) is -0.776. The molecule has 1 fully saturated rings. The van der Waals surface area contributed by atoms with E-state index < -0.39 is 11.9 Å². The van der Waals surface area contributed by atoms with Crippen LogP contribution in [0.4, 0.5) is 13.2 Å². The smallest absolute Gasteiger partial charge is 0.371 e. The second-order valence-corrected chi connectivity index (χ2v) is 4.97. The van der Waals surface area contributed by atoms with Gasteiger partial charge in [-0.15, -0.1) is 11.3 Å². The largest absolute Gasteiger partial charge is 0.434 e. The van der Waals surface area contributed by atoms with Crippen molar-refractivity contribution in [2.75, 3.05) is 13.7 Å². The molecular formula is C10H13F3N2OS. The van der Waals surface area contributed by atoms with Crippen LogP contribution in [0.5, 0.6) is 0 Å². The summed E-state index contributed by atoms with van der Waals surface area (Å²) in [7, 11) is 1.62. The fraction of sp³-hybridized carbons (Fsp3) is 0.700. The van der Waals surface area contributed by atoms with Crippen molar-refractivity contribution in [1.29, 1.82) is 0 Å². The van der Waals surface area contributed by atoms with Gasteiger partial charge in [-0.25, -0.2) is 4.98 Å². The zero-order valence-corrected chi connectivity index (χ0v) is 10.1. The zero-order valence-electron chi connectivity index (χ0n) is 9.30. The van der Waals surface area contributed by atoms with Crippen molar-refractivity contribution in [1.82, 2.24) is 10.3 Å². The number of hydrogen-bond acceptors (Lipinski definition) is 4. The van der Waals surface area contributed by atoms with Crippen molar-refractivity contribution in [3.8, 4) is 0 Å². The number of halogens is 3. The van der Waals surface area contributed by atoms with E-state index in [2.05, 4.69) is 10.3 Å². The molecule has 1 N–H and O–H groups in total. The van der Waals surface area contributed by atoms with Crippen LogP contribution in [0.25, 0.3) is 0 Å². The van der Waals surface area contributed by atoms with Crippen LogP contribution in [0.3, 0.4) is 0 Å². The molecule has 1 aromatic heterocycles. The normalized spacial score (nSPS) is 21.1. The summed E-state index contributed by atoms with van der Waals surface area (Å²) in [4.78, 5) is 3.94. The molecule has 0 aliphatic carbocycles. The van der Waals surface area contributed by atoms with Crippen molar-refractivity contribution in [2.45, 2.75) is 31.7 Å². The van der Waals surface area contributed by atoms with Gasteiger partial charge in [0, 0.05) is 13.2 Å². The van der Waals surface area contributed by atoms with E-state index in [1.54, 1.807) is 7.05 Å². The third-order valence-electron chi connectivity index (χ3n) is 2.52. The predicted molar refractivity (Wildman–Crippen MR) is 57.8 cm³/mol. The molecule has 1 atom stereocenters. The number of aromatic nitrogens is 1. The number of nitrogens with zero attached hydrogens (tertiary/aromatic N) is 1. The van der Waals surface area contributed by atoms with E-state index in [0.29, 0.717) is 11.6 Å². The van der Waals surface area contributed by atoms with Crippen LogP contribution in [0.2, 0.25) is 0 Å². The van der Waals surface area contributed by atoms with Gasteiger partial charge in [-0.3, -0.25) is 0 Å². The third-order valence-corrected chi connectivity index (χ3v) is 3.67. The average molecular weight is 266 g/mol. The summed E-state index contributed by atoms with van der Waals surface area (Å²) in [6, 6.07) is 0. The summed E-state index contributed by atoms with van der Waals surface area (Å²) in [6.45, 7) is 0.784. The van der Waals surface area contributed by atoms with E-state index >= 15 is 0 Å². The maximum absolute atomic E-state index is 12.7. The van der Waals surface area contributed by atoms with Gasteiger partial charge in [-0.1, -0.05) is 0 Å². The molecule has 1 aliphatic heterocycles. The topological polar surface area (TPSA) is 34.1 Å². The number of rotatable bonds is 3. The molecule has 0 bridgehead atoms. The molecule has 0 aromatic carbocycles. The molecule has 96 valence electrons. The minimum atomic E-state index is -4.39. The zero-order chi connectivity index (χ0) is 12.5. The molecule has 0 radical (unpaired) electrons. The van der Waals surface area contributed by atoms with E-state index in [4.69, 9.17) is 4.74 Å². The second-order valence-electron chi connectivity index (χ2n) is 3.85. The molecule has 1 aromatic rings. The van der Waals surface area contributed by atoms with Crippen LogP contribution in [-0.2, 0) is 17.5 Å². The van der Waals surface area contributed by atoms with Crippen LogP contribution in [0.1, 0.15) is 34.5 Å². The van der Waals surface area contributed by atoms with Crippen molar-refractivity contribution < 1.29 is 17.9 Å². The predicted octanol–water partition coefficient (Wildman–Crippen LogP) is 2.73. The van der Waals surface area contributed by atoms with Gasteiger partial charge < -0.3 is 10.1 Å². The van der Waals surface area contributed by atoms with E-state index in [1.807, 2.05) is 0 Å². The van der Waals surface area contributed by atoms with E-state index in [0.717, 1.165) is 24.2 Å². The van der Waals surface area contributed by atoms with Crippen LogP contribution in [0, 0.1) is 0 Å². The van der Waals surface area contributed by atoms with Gasteiger partial charge in [0.1, 0.15) is 11.1 Å². The molecule has 0 amide bonds. The summed E-state index contributed by atoms with van der Waals surface area (Å²) in [6.07, 6.45) is -3.01. The number of alkyl halides is 3. The number of ether oxygens (including phenoxy) is 1. The minimum absolute atomic E-state index is 0.180. The Bertz CT molecular complexity index is 385. The molecule has 1 saturated heterocycles. The Labute approximate surface area is 101 Å². The molecular weight excluding hydrogens is 253 g/mol. The molecule has 3 nitrogen and oxygen atoms in total. The molecule has 1 unspecified atom stereocenters. The Morgan fingerprint density at radius 2 is 2.29 bits per heavy atom. The first-order valence-corrected chi connectivity index (χ1v) is 6.17. The number of thiazole rings is 1. The van der Waals surface area contributed by atoms with Crippen LogP contribution in [-0.4, -0.2) is 18.6 Å². The lowest BCUT2D eigenvalue weighted by atomic mass is 10.2. The first-order chi connectivity index (χ1) is 8.02. The fourth-order valence-electron chi connectivity index (χ4n) is 1.78. The Kier molecular flexibility index (Phi) is 3.70. The molecule has 1 aliphatic rings. The number of hydrogen-bond donors (Lipinski definition) is 1. The van der Waals surface area contributed by atoms with Gasteiger partial charge in [0.05, 0.1) is 4.88 Å². The standard InChI is InChI=1S/C10H13F3N2OS/c1-14-5-7-8(10(11,12)13)15-9(17-7)6-3-2-4-16-6/h6,14H,2-5H2,1H3. The van der Waals surface area contributed by atoms with E-state index in [1.165, 1.54) is 0 Å². The number of nitrogens with one attached hydrogen (secondary N) is 1. The summed E-state index contributed by atoms with van der Waals surface area (Å²) in [5, 5.41) is 3.17. The lowest BCUT2D eigenvalue weighted by Crippen LogP contribution is -2.13. The Hall–Kier alpha value is -0.660. The monoisotopic (exact) mass is 266 g/mol.